The lowest BCUT2D eigenvalue weighted by molar-refractivity contribution is -0.129. The summed E-state index contributed by atoms with van der Waals surface area (Å²) in [5.74, 6) is -1.08. The van der Waals surface area contributed by atoms with E-state index in [1.54, 1.807) is 0 Å². The third-order valence-electron chi connectivity index (χ3n) is 2.95. The topological polar surface area (TPSA) is 79.1 Å². The van der Waals surface area contributed by atoms with Crippen molar-refractivity contribution in [2.75, 3.05) is 6.61 Å². The fourth-order valence-corrected chi connectivity index (χ4v) is 1.70. The molecule has 0 aliphatic rings. The summed E-state index contributed by atoms with van der Waals surface area (Å²) in [6, 6.07) is 9.95. The van der Waals surface area contributed by atoms with Crippen LogP contribution in [0.4, 0.5) is 0 Å². The Hall–Kier alpha value is -1.88. The fourth-order valence-electron chi connectivity index (χ4n) is 1.70. The molecule has 2 N–H and O–H groups in total. The number of nitrogens with zero attached hydrogens (tertiary/aromatic N) is 1. The minimum atomic E-state index is -1.08. The lowest BCUT2D eigenvalue weighted by atomic mass is 10.1. The van der Waals surface area contributed by atoms with Crippen molar-refractivity contribution >= 4 is 12.2 Å². The highest BCUT2D eigenvalue weighted by atomic mass is 16.6. The number of unbranched alkanes of at least 4 members (excludes halogenated alkanes) is 1. The Kier molecular flexibility index (Phi) is 12.9. The molecule has 22 heavy (non-hydrogen) atoms. The van der Waals surface area contributed by atoms with Gasteiger partial charge in [-0.05, 0) is 31.2 Å². The summed E-state index contributed by atoms with van der Waals surface area (Å²) in [6.45, 7) is 4.34. The monoisotopic (exact) mass is 309 g/mol. The highest BCUT2D eigenvalue weighted by molar-refractivity contribution is 6.21. The standard InChI is InChI=1S/C9H17NO3.C8H10O/c1-3-5-6-8(4-2)13-10-7-9(11)12;9-7-6-8-4-2-1-3-5-8/h7-8H,3-6H2,1-2H3,(H,11,12);1-5,9H,6-7H2/b10-7+;. The first-order valence-corrected chi connectivity index (χ1v) is 7.70. The quantitative estimate of drug-likeness (QED) is 0.542. The van der Waals surface area contributed by atoms with Crippen molar-refractivity contribution in [3.05, 3.63) is 35.9 Å². The van der Waals surface area contributed by atoms with Gasteiger partial charge in [0, 0.05) is 6.61 Å². The maximum atomic E-state index is 10.1. The zero-order valence-electron chi connectivity index (χ0n) is 13.4. The van der Waals surface area contributed by atoms with E-state index in [-0.39, 0.29) is 12.7 Å². The van der Waals surface area contributed by atoms with E-state index in [1.807, 2.05) is 37.3 Å². The Morgan fingerprint density at radius 2 is 2.00 bits per heavy atom. The van der Waals surface area contributed by atoms with Crippen LogP contribution in [0.1, 0.15) is 45.1 Å². The summed E-state index contributed by atoms with van der Waals surface area (Å²) in [5.41, 5.74) is 1.19. The van der Waals surface area contributed by atoms with E-state index in [0.717, 1.165) is 38.3 Å². The maximum absolute atomic E-state index is 10.1. The minimum Gasteiger partial charge on any atom is -0.477 e. The molecule has 0 aliphatic carbocycles. The summed E-state index contributed by atoms with van der Waals surface area (Å²) in [5, 5.41) is 20.1. The smallest absolute Gasteiger partial charge is 0.350 e. The number of carboxylic acid groups (broad SMARTS) is 1. The Morgan fingerprint density at radius 1 is 1.32 bits per heavy atom. The lowest BCUT2D eigenvalue weighted by Crippen LogP contribution is -2.09. The van der Waals surface area contributed by atoms with Crippen molar-refractivity contribution in [3.8, 4) is 0 Å². The highest BCUT2D eigenvalue weighted by Gasteiger charge is 2.05. The number of carbonyl (C=O) groups is 1. The number of carboxylic acids is 1. The van der Waals surface area contributed by atoms with Gasteiger partial charge in [0.25, 0.3) is 0 Å². The predicted molar refractivity (Wildman–Crippen MR) is 88.0 cm³/mol. The summed E-state index contributed by atoms with van der Waals surface area (Å²) >= 11 is 0. The molecule has 0 saturated carbocycles. The second kappa shape index (κ2) is 14.1. The first-order chi connectivity index (χ1) is 10.6. The molecule has 1 unspecified atom stereocenters. The second-order valence-corrected chi connectivity index (χ2v) is 4.81. The number of rotatable bonds is 9. The molecule has 0 fully saturated rings. The molecular weight excluding hydrogens is 282 g/mol. The first-order valence-electron chi connectivity index (χ1n) is 7.70. The molecule has 0 aliphatic heterocycles. The number of hydrogen-bond donors (Lipinski definition) is 2. The third-order valence-corrected chi connectivity index (χ3v) is 2.95. The van der Waals surface area contributed by atoms with Gasteiger partial charge in [-0.25, -0.2) is 4.79 Å². The Bertz CT molecular complexity index is 406. The number of aliphatic hydroxyl groups is 1. The second-order valence-electron chi connectivity index (χ2n) is 4.81. The van der Waals surface area contributed by atoms with Crippen molar-refractivity contribution < 1.29 is 19.8 Å². The van der Waals surface area contributed by atoms with Crippen molar-refractivity contribution in [2.45, 2.75) is 52.1 Å². The maximum Gasteiger partial charge on any atom is 0.350 e. The van der Waals surface area contributed by atoms with Gasteiger partial charge in [-0.15, -0.1) is 0 Å². The zero-order chi connectivity index (χ0) is 16.6. The van der Waals surface area contributed by atoms with Gasteiger partial charge in [0.2, 0.25) is 0 Å². The van der Waals surface area contributed by atoms with E-state index in [9.17, 15) is 4.79 Å². The number of hydrogen-bond acceptors (Lipinski definition) is 4. The van der Waals surface area contributed by atoms with E-state index in [0.29, 0.717) is 0 Å². The summed E-state index contributed by atoms with van der Waals surface area (Å²) in [7, 11) is 0. The molecule has 0 spiro atoms. The van der Waals surface area contributed by atoms with Gasteiger partial charge in [0.15, 0.2) is 6.21 Å². The lowest BCUT2D eigenvalue weighted by Gasteiger charge is -2.10. The van der Waals surface area contributed by atoms with E-state index >= 15 is 0 Å². The Labute approximate surface area is 132 Å². The molecule has 0 aromatic heterocycles. The molecule has 5 heteroatoms. The third kappa shape index (κ3) is 11.9. The molecule has 0 amide bonds. The first kappa shape index (κ1) is 20.1. The van der Waals surface area contributed by atoms with Gasteiger partial charge < -0.3 is 15.1 Å². The van der Waals surface area contributed by atoms with Crippen molar-refractivity contribution in [1.82, 2.24) is 0 Å². The van der Waals surface area contributed by atoms with Crippen molar-refractivity contribution in [1.29, 1.82) is 0 Å². The average Bonchev–Trinajstić information content (AvgIpc) is 2.52. The molecule has 0 bridgehead atoms. The van der Waals surface area contributed by atoms with Gasteiger partial charge in [-0.3, -0.25) is 0 Å². The number of aliphatic carboxylic acids is 1. The van der Waals surface area contributed by atoms with Crippen LogP contribution in [0.3, 0.4) is 0 Å². The summed E-state index contributed by atoms with van der Waals surface area (Å²) in [6.07, 6.45) is 5.58. The zero-order valence-corrected chi connectivity index (χ0v) is 13.4. The van der Waals surface area contributed by atoms with Gasteiger partial charge in [0.05, 0.1) is 0 Å². The molecule has 0 radical (unpaired) electrons. The van der Waals surface area contributed by atoms with Crippen LogP contribution in [0.15, 0.2) is 35.5 Å². The number of aliphatic hydroxyl groups excluding tert-OH is 1. The van der Waals surface area contributed by atoms with Gasteiger partial charge in [-0.1, -0.05) is 55.8 Å². The average molecular weight is 309 g/mol. The normalized spacial score (nSPS) is 11.6. The molecule has 5 nitrogen and oxygen atoms in total. The van der Waals surface area contributed by atoms with Crippen LogP contribution in [0.5, 0.6) is 0 Å². The van der Waals surface area contributed by atoms with E-state index < -0.39 is 5.97 Å². The molecule has 1 aromatic rings. The molecule has 0 heterocycles. The number of benzene rings is 1. The molecule has 1 rings (SSSR count). The molecule has 124 valence electrons. The van der Waals surface area contributed by atoms with Crippen LogP contribution in [0.25, 0.3) is 0 Å². The fraction of sp³-hybridized carbons (Fsp3) is 0.529. The summed E-state index contributed by atoms with van der Waals surface area (Å²) in [4.78, 5) is 15.0. The largest absolute Gasteiger partial charge is 0.477 e. The Balaban J connectivity index is 0.000000425. The highest BCUT2D eigenvalue weighted by Crippen LogP contribution is 2.08. The Morgan fingerprint density at radius 3 is 2.50 bits per heavy atom. The SMILES string of the molecule is CCCCC(CC)O/N=C/C(=O)O.OCCc1ccccc1. The van der Waals surface area contributed by atoms with E-state index in [1.165, 1.54) is 5.56 Å². The predicted octanol–water partition coefficient (Wildman–Crippen LogP) is 3.26. The minimum absolute atomic E-state index is 0.0514. The van der Waals surface area contributed by atoms with Crippen LogP contribution in [0, 0.1) is 0 Å². The van der Waals surface area contributed by atoms with Crippen molar-refractivity contribution in [2.24, 2.45) is 5.16 Å². The van der Waals surface area contributed by atoms with Crippen LogP contribution < -0.4 is 0 Å². The van der Waals surface area contributed by atoms with E-state index in [2.05, 4.69) is 12.1 Å². The number of oxime groups is 1. The van der Waals surface area contributed by atoms with Crippen molar-refractivity contribution in [3.63, 3.8) is 0 Å². The van der Waals surface area contributed by atoms with Crippen LogP contribution in [0.2, 0.25) is 0 Å². The van der Waals surface area contributed by atoms with Crippen LogP contribution >= 0.6 is 0 Å². The van der Waals surface area contributed by atoms with E-state index in [4.69, 9.17) is 15.1 Å². The van der Waals surface area contributed by atoms with Gasteiger partial charge >= 0.3 is 5.97 Å². The molecule has 1 aromatic carbocycles. The molecule has 0 saturated heterocycles. The van der Waals surface area contributed by atoms with Crippen LogP contribution in [-0.2, 0) is 16.1 Å². The molecule has 1 atom stereocenters. The van der Waals surface area contributed by atoms with Crippen LogP contribution in [-0.4, -0.2) is 35.1 Å². The summed E-state index contributed by atoms with van der Waals surface area (Å²) < 4.78 is 0. The van der Waals surface area contributed by atoms with Gasteiger partial charge in [-0.2, -0.15) is 0 Å². The molecular formula is C17H27NO4. The van der Waals surface area contributed by atoms with Gasteiger partial charge in [0.1, 0.15) is 6.10 Å².